The second kappa shape index (κ2) is 10.1. The number of aliphatic hydroxyl groups is 1. The molecule has 2 atom stereocenters. The summed E-state index contributed by atoms with van der Waals surface area (Å²) in [5.41, 5.74) is 0.903. The second-order valence-electron chi connectivity index (χ2n) is 8.19. The van der Waals surface area contributed by atoms with E-state index in [1.165, 1.54) is 6.26 Å². The monoisotopic (exact) mass is 427 g/mol. The van der Waals surface area contributed by atoms with Crippen molar-refractivity contribution in [3.05, 3.63) is 58.2 Å². The topological polar surface area (TPSA) is 98.0 Å². The molecule has 1 aliphatic heterocycles. The molecule has 1 aromatic heterocycles. The van der Waals surface area contributed by atoms with Crippen molar-refractivity contribution in [2.24, 2.45) is 0 Å². The van der Waals surface area contributed by atoms with Gasteiger partial charge in [-0.1, -0.05) is 25.0 Å². The Balaban J connectivity index is 1.58. The van der Waals surface area contributed by atoms with Crippen molar-refractivity contribution < 1.29 is 23.8 Å². The molecule has 1 saturated carbocycles. The maximum Gasteiger partial charge on any atom is 0.286 e. The molecular formula is C24H29NO6. The fourth-order valence-corrected chi connectivity index (χ4v) is 4.24. The zero-order valence-electron chi connectivity index (χ0n) is 17.5. The van der Waals surface area contributed by atoms with Crippen LogP contribution in [0.25, 0.3) is 11.0 Å². The van der Waals surface area contributed by atoms with Crippen molar-refractivity contribution >= 4 is 16.9 Å². The quantitative estimate of drug-likeness (QED) is 0.627. The van der Waals surface area contributed by atoms with Crippen LogP contribution in [0.15, 0.2) is 51.6 Å². The maximum atomic E-state index is 13.1. The fraction of sp³-hybridized carbons (Fsp3) is 0.500. The van der Waals surface area contributed by atoms with E-state index < -0.39 is 6.29 Å². The minimum atomic E-state index is -0.649. The van der Waals surface area contributed by atoms with Gasteiger partial charge >= 0.3 is 0 Å². The smallest absolute Gasteiger partial charge is 0.286 e. The summed E-state index contributed by atoms with van der Waals surface area (Å²) in [6, 6.07) is 7.28. The molecule has 7 heteroatoms. The number of hydrogen-bond donors (Lipinski definition) is 2. The number of aliphatic hydroxyl groups excluding tert-OH is 1. The predicted octanol–water partition coefficient (Wildman–Crippen LogP) is 3.35. The average Bonchev–Trinajstić information content (AvgIpc) is 3.30. The highest BCUT2D eigenvalue weighted by Crippen LogP contribution is 2.31. The molecule has 1 aromatic carbocycles. The number of carbonyl (C=O) groups is 1. The average molecular weight is 427 g/mol. The third-order valence-electron chi connectivity index (χ3n) is 5.93. The van der Waals surface area contributed by atoms with Crippen LogP contribution in [0, 0.1) is 0 Å². The molecule has 0 spiro atoms. The van der Waals surface area contributed by atoms with E-state index in [4.69, 9.17) is 19.0 Å². The summed E-state index contributed by atoms with van der Waals surface area (Å²) in [5, 5.41) is 12.5. The summed E-state index contributed by atoms with van der Waals surface area (Å²) in [6.07, 6.45) is 8.43. The minimum Gasteiger partial charge on any atom is -0.464 e. The maximum absolute atomic E-state index is 13.1. The summed E-state index contributed by atoms with van der Waals surface area (Å²) in [5.74, 6) is -0.449. The first-order valence-corrected chi connectivity index (χ1v) is 11.1. The van der Waals surface area contributed by atoms with Gasteiger partial charge in [-0.2, -0.15) is 0 Å². The molecule has 0 unspecified atom stereocenters. The molecule has 0 saturated heterocycles. The molecule has 7 nitrogen and oxygen atoms in total. The number of nitrogens with one attached hydrogen (secondary N) is 1. The second-order valence-corrected chi connectivity index (χ2v) is 8.19. The van der Waals surface area contributed by atoms with Crippen LogP contribution < -0.4 is 10.7 Å². The molecule has 1 aliphatic carbocycles. The van der Waals surface area contributed by atoms with E-state index in [0.29, 0.717) is 42.4 Å². The number of ether oxygens (including phenoxy) is 2. The first kappa shape index (κ1) is 21.6. The normalized spacial score (nSPS) is 21.6. The highest BCUT2D eigenvalue weighted by molar-refractivity contribution is 5.92. The number of para-hydroxylation sites is 1. The molecule has 31 heavy (non-hydrogen) atoms. The molecule has 2 aliphatic rings. The lowest BCUT2D eigenvalue weighted by atomic mass is 9.93. The van der Waals surface area contributed by atoms with Crippen molar-refractivity contribution in [3.63, 3.8) is 0 Å². The summed E-state index contributed by atoms with van der Waals surface area (Å²) < 4.78 is 17.4. The highest BCUT2D eigenvalue weighted by atomic mass is 16.7. The van der Waals surface area contributed by atoms with Gasteiger partial charge in [0.1, 0.15) is 5.58 Å². The van der Waals surface area contributed by atoms with Crippen LogP contribution in [-0.2, 0) is 14.3 Å². The predicted molar refractivity (Wildman–Crippen MR) is 115 cm³/mol. The van der Waals surface area contributed by atoms with E-state index in [1.807, 2.05) is 6.07 Å². The number of carbonyl (C=O) groups excluding carboxylic acids is 1. The van der Waals surface area contributed by atoms with Crippen LogP contribution in [-0.4, -0.2) is 36.6 Å². The molecule has 1 amide bonds. The van der Waals surface area contributed by atoms with Gasteiger partial charge < -0.3 is 24.3 Å². The number of hydrogen-bond acceptors (Lipinski definition) is 6. The third-order valence-corrected chi connectivity index (χ3v) is 5.93. The zero-order valence-corrected chi connectivity index (χ0v) is 17.5. The standard InChI is InChI=1S/C24H29NO6/c26-11-5-6-12-29-22-14-16(13-21(31-22)24(28)25-17-7-1-2-8-17)19-15-30-20-10-4-3-9-18(20)23(19)27/h3-4,9-10,13,15-17,22,26H,1-2,5-8,11-12,14H2,(H,25,28)/t16-,22+/m1/s1. The van der Waals surface area contributed by atoms with Gasteiger partial charge in [0, 0.05) is 30.6 Å². The Morgan fingerprint density at radius 2 is 2.00 bits per heavy atom. The summed E-state index contributed by atoms with van der Waals surface area (Å²) in [7, 11) is 0. The Bertz CT molecular complexity index is 991. The molecule has 1 fully saturated rings. The van der Waals surface area contributed by atoms with E-state index in [0.717, 1.165) is 25.7 Å². The van der Waals surface area contributed by atoms with Crippen molar-refractivity contribution in [2.75, 3.05) is 13.2 Å². The van der Waals surface area contributed by atoms with Crippen molar-refractivity contribution in [3.8, 4) is 0 Å². The lowest BCUT2D eigenvalue weighted by Crippen LogP contribution is -2.37. The van der Waals surface area contributed by atoms with Gasteiger partial charge in [-0.15, -0.1) is 0 Å². The number of amides is 1. The highest BCUT2D eigenvalue weighted by Gasteiger charge is 2.31. The third kappa shape index (κ3) is 5.17. The van der Waals surface area contributed by atoms with Gasteiger partial charge in [0.25, 0.3) is 5.91 Å². The van der Waals surface area contributed by atoms with E-state index in [2.05, 4.69) is 5.32 Å². The van der Waals surface area contributed by atoms with Crippen molar-refractivity contribution in [2.45, 2.75) is 63.2 Å². The number of unbranched alkanes of at least 4 members (excludes halogenated alkanes) is 1. The number of fused-ring (bicyclic) bond motifs is 1. The van der Waals surface area contributed by atoms with Crippen LogP contribution in [0.5, 0.6) is 0 Å². The van der Waals surface area contributed by atoms with Gasteiger partial charge in [0.2, 0.25) is 6.29 Å². The van der Waals surface area contributed by atoms with Gasteiger partial charge in [0.05, 0.1) is 18.3 Å². The fourth-order valence-electron chi connectivity index (χ4n) is 4.24. The Morgan fingerprint density at radius 3 is 2.81 bits per heavy atom. The van der Waals surface area contributed by atoms with E-state index in [9.17, 15) is 9.59 Å². The number of allylic oxidation sites excluding steroid dienone is 1. The van der Waals surface area contributed by atoms with E-state index in [1.54, 1.807) is 24.3 Å². The lowest BCUT2D eigenvalue weighted by Gasteiger charge is -2.29. The number of rotatable bonds is 8. The lowest BCUT2D eigenvalue weighted by molar-refractivity contribution is -0.147. The zero-order chi connectivity index (χ0) is 21.6. The molecule has 2 N–H and O–H groups in total. The summed E-state index contributed by atoms with van der Waals surface area (Å²) >= 11 is 0. The van der Waals surface area contributed by atoms with Crippen LogP contribution in [0.3, 0.4) is 0 Å². The Labute approximate surface area is 181 Å². The largest absolute Gasteiger partial charge is 0.464 e. The van der Waals surface area contributed by atoms with Crippen LogP contribution in [0.1, 0.15) is 56.4 Å². The molecule has 2 aromatic rings. The SMILES string of the molecule is O=C(NC1CCCC1)C1=C[C@@H](c2coc3ccccc3c2=O)C[C@@H](OCCCCO)O1. The van der Waals surface area contributed by atoms with Crippen molar-refractivity contribution in [1.82, 2.24) is 5.32 Å². The van der Waals surface area contributed by atoms with Crippen LogP contribution in [0.4, 0.5) is 0 Å². The van der Waals surface area contributed by atoms with Gasteiger partial charge in [-0.3, -0.25) is 9.59 Å². The Kier molecular flexibility index (Phi) is 7.04. The summed E-state index contributed by atoms with van der Waals surface area (Å²) in [4.78, 5) is 25.9. The first-order chi connectivity index (χ1) is 15.2. The van der Waals surface area contributed by atoms with Gasteiger partial charge in [0.15, 0.2) is 11.2 Å². The molecule has 0 bridgehead atoms. The molecule has 4 rings (SSSR count). The Hall–Kier alpha value is -2.64. The van der Waals surface area contributed by atoms with E-state index >= 15 is 0 Å². The van der Waals surface area contributed by atoms with Crippen LogP contribution >= 0.6 is 0 Å². The van der Waals surface area contributed by atoms with Crippen LogP contribution in [0.2, 0.25) is 0 Å². The molecule has 2 heterocycles. The molecular weight excluding hydrogens is 398 g/mol. The molecule has 0 radical (unpaired) electrons. The Morgan fingerprint density at radius 1 is 1.19 bits per heavy atom. The van der Waals surface area contributed by atoms with Gasteiger partial charge in [-0.25, -0.2) is 0 Å². The number of benzene rings is 1. The first-order valence-electron chi connectivity index (χ1n) is 11.1. The minimum absolute atomic E-state index is 0.102. The van der Waals surface area contributed by atoms with Crippen molar-refractivity contribution in [1.29, 1.82) is 0 Å². The molecule has 166 valence electrons. The van der Waals surface area contributed by atoms with Gasteiger partial charge in [-0.05, 0) is 43.9 Å². The summed E-state index contributed by atoms with van der Waals surface area (Å²) in [6.45, 7) is 0.506. The van der Waals surface area contributed by atoms with E-state index in [-0.39, 0.29) is 35.7 Å².